The summed E-state index contributed by atoms with van der Waals surface area (Å²) < 4.78 is 26.6. The van der Waals surface area contributed by atoms with Crippen LogP contribution in [0.15, 0.2) is 47.6 Å². The van der Waals surface area contributed by atoms with Gasteiger partial charge in [0.2, 0.25) is 5.91 Å². The summed E-state index contributed by atoms with van der Waals surface area (Å²) in [6.07, 6.45) is 1.03. The summed E-state index contributed by atoms with van der Waals surface area (Å²) in [7, 11) is 0. The average molecular weight is 309 g/mol. The van der Waals surface area contributed by atoms with Gasteiger partial charge >= 0.3 is 0 Å². The molecule has 0 heterocycles. The van der Waals surface area contributed by atoms with Crippen molar-refractivity contribution < 1.29 is 13.6 Å². The van der Waals surface area contributed by atoms with Crippen LogP contribution in [0.1, 0.15) is 11.1 Å². The van der Waals surface area contributed by atoms with Crippen LogP contribution in [0, 0.1) is 11.6 Å². The number of amides is 1. The number of nitrogens with zero attached hydrogens (tertiary/aromatic N) is 1. The quantitative estimate of drug-likeness (QED) is 0.683. The highest BCUT2D eigenvalue weighted by molar-refractivity contribution is 6.30. The van der Waals surface area contributed by atoms with Crippen molar-refractivity contribution in [3.63, 3.8) is 0 Å². The summed E-state index contributed by atoms with van der Waals surface area (Å²) in [6.45, 7) is 0. The Balaban J connectivity index is 1.95. The Kier molecular flexibility index (Phi) is 5.00. The highest BCUT2D eigenvalue weighted by Gasteiger charge is 2.06. The molecule has 0 bridgehead atoms. The lowest BCUT2D eigenvalue weighted by atomic mass is 10.1. The van der Waals surface area contributed by atoms with Crippen LogP contribution in [0.2, 0.25) is 5.02 Å². The van der Waals surface area contributed by atoms with E-state index in [1.165, 1.54) is 6.07 Å². The smallest absolute Gasteiger partial charge is 0.244 e. The van der Waals surface area contributed by atoms with Gasteiger partial charge in [0.25, 0.3) is 0 Å². The zero-order valence-electron chi connectivity index (χ0n) is 10.8. The summed E-state index contributed by atoms with van der Waals surface area (Å²) in [4.78, 5) is 11.6. The maximum atomic E-state index is 13.3. The highest BCUT2D eigenvalue weighted by Crippen LogP contribution is 2.10. The Morgan fingerprint density at radius 3 is 2.38 bits per heavy atom. The van der Waals surface area contributed by atoms with Crippen molar-refractivity contribution >= 4 is 23.7 Å². The van der Waals surface area contributed by atoms with E-state index >= 15 is 0 Å². The second kappa shape index (κ2) is 6.95. The molecule has 0 saturated heterocycles. The molecule has 0 unspecified atom stereocenters. The Hall–Kier alpha value is -2.27. The lowest BCUT2D eigenvalue weighted by molar-refractivity contribution is -0.120. The average Bonchev–Trinajstić information content (AvgIpc) is 2.45. The molecule has 6 heteroatoms. The van der Waals surface area contributed by atoms with E-state index in [1.807, 2.05) is 0 Å². The number of hydrogen-bond acceptors (Lipinski definition) is 2. The molecule has 0 fully saturated rings. The third-order valence-corrected chi connectivity index (χ3v) is 2.91. The first kappa shape index (κ1) is 15.1. The van der Waals surface area contributed by atoms with Crippen LogP contribution in [0.3, 0.4) is 0 Å². The minimum absolute atomic E-state index is 0.0915. The number of rotatable bonds is 4. The monoisotopic (exact) mass is 308 g/mol. The van der Waals surface area contributed by atoms with Crippen LogP contribution >= 0.6 is 11.6 Å². The lowest BCUT2D eigenvalue weighted by Gasteiger charge is -2.01. The van der Waals surface area contributed by atoms with Crippen molar-refractivity contribution in [1.82, 2.24) is 5.43 Å². The fourth-order valence-corrected chi connectivity index (χ4v) is 1.76. The second-order valence-corrected chi connectivity index (χ2v) is 4.67. The van der Waals surface area contributed by atoms with Crippen molar-refractivity contribution in [2.24, 2.45) is 5.10 Å². The van der Waals surface area contributed by atoms with E-state index in [9.17, 15) is 13.6 Å². The third kappa shape index (κ3) is 4.36. The predicted molar refractivity (Wildman–Crippen MR) is 77.3 cm³/mol. The fraction of sp³-hybridized carbons (Fsp3) is 0.0667. The van der Waals surface area contributed by atoms with Crippen LogP contribution in [0.25, 0.3) is 0 Å². The molecule has 2 aromatic carbocycles. The maximum Gasteiger partial charge on any atom is 0.244 e. The predicted octanol–water partition coefficient (Wildman–Crippen LogP) is 3.31. The molecule has 3 nitrogen and oxygen atoms in total. The van der Waals surface area contributed by atoms with E-state index in [0.717, 1.165) is 23.9 Å². The van der Waals surface area contributed by atoms with Gasteiger partial charge in [0.15, 0.2) is 0 Å². The second-order valence-electron chi connectivity index (χ2n) is 4.23. The van der Waals surface area contributed by atoms with Crippen LogP contribution < -0.4 is 5.43 Å². The Morgan fingerprint density at radius 2 is 1.76 bits per heavy atom. The largest absolute Gasteiger partial charge is 0.273 e. The number of halogens is 3. The molecule has 21 heavy (non-hydrogen) atoms. The third-order valence-electron chi connectivity index (χ3n) is 2.66. The van der Waals surface area contributed by atoms with Crippen molar-refractivity contribution in [3.8, 4) is 0 Å². The highest BCUT2D eigenvalue weighted by atomic mass is 35.5. The van der Waals surface area contributed by atoms with Crippen molar-refractivity contribution in [2.75, 3.05) is 0 Å². The van der Waals surface area contributed by atoms with E-state index in [2.05, 4.69) is 10.5 Å². The number of hydrogen-bond donors (Lipinski definition) is 1. The number of carbonyl (C=O) groups excluding carboxylic acids is 1. The van der Waals surface area contributed by atoms with Gasteiger partial charge in [0.1, 0.15) is 11.6 Å². The van der Waals surface area contributed by atoms with Gasteiger partial charge in [0, 0.05) is 5.02 Å². The SMILES string of the molecule is O=C(Cc1ccc(Cl)cc1)N/N=C/c1c(F)cccc1F. The first-order valence-corrected chi connectivity index (χ1v) is 6.44. The molecule has 0 radical (unpaired) electrons. The van der Waals surface area contributed by atoms with Gasteiger partial charge in [-0.05, 0) is 29.8 Å². The van der Waals surface area contributed by atoms with Gasteiger partial charge in [-0.25, -0.2) is 14.2 Å². The van der Waals surface area contributed by atoms with Crippen LogP contribution in [0.5, 0.6) is 0 Å². The standard InChI is InChI=1S/C15H11ClF2N2O/c16-11-6-4-10(5-7-11)8-15(21)20-19-9-12-13(17)2-1-3-14(12)18/h1-7,9H,8H2,(H,20,21)/b19-9+. The van der Waals surface area contributed by atoms with Gasteiger partial charge in [-0.1, -0.05) is 29.8 Å². The Bertz CT molecular complexity index is 652. The van der Waals surface area contributed by atoms with Crippen LogP contribution in [0.4, 0.5) is 8.78 Å². The van der Waals surface area contributed by atoms with E-state index in [0.29, 0.717) is 5.02 Å². The van der Waals surface area contributed by atoms with Crippen LogP contribution in [-0.4, -0.2) is 12.1 Å². The van der Waals surface area contributed by atoms with Crippen molar-refractivity contribution in [1.29, 1.82) is 0 Å². The summed E-state index contributed by atoms with van der Waals surface area (Å²) in [5, 5.41) is 4.12. The summed E-state index contributed by atoms with van der Waals surface area (Å²) in [5.41, 5.74) is 2.67. The molecule has 0 atom stereocenters. The van der Waals surface area contributed by atoms with Crippen molar-refractivity contribution in [3.05, 3.63) is 70.2 Å². The molecule has 1 N–H and O–H groups in total. The summed E-state index contributed by atoms with van der Waals surface area (Å²) in [5.74, 6) is -1.89. The fourth-order valence-electron chi connectivity index (χ4n) is 1.63. The molecule has 0 aromatic heterocycles. The molecular formula is C15H11ClF2N2O. The molecule has 2 rings (SSSR count). The van der Waals surface area contributed by atoms with E-state index in [-0.39, 0.29) is 12.0 Å². The van der Waals surface area contributed by atoms with E-state index in [1.54, 1.807) is 24.3 Å². The summed E-state index contributed by atoms with van der Waals surface area (Å²) >= 11 is 5.73. The van der Waals surface area contributed by atoms with Gasteiger partial charge in [-0.15, -0.1) is 0 Å². The molecular weight excluding hydrogens is 298 g/mol. The van der Waals surface area contributed by atoms with E-state index in [4.69, 9.17) is 11.6 Å². The zero-order valence-corrected chi connectivity index (χ0v) is 11.6. The molecule has 0 saturated carbocycles. The molecule has 0 aliphatic carbocycles. The normalized spacial score (nSPS) is 10.8. The van der Waals surface area contributed by atoms with Gasteiger partial charge in [-0.3, -0.25) is 4.79 Å². The topological polar surface area (TPSA) is 41.5 Å². The number of carbonyl (C=O) groups is 1. The van der Waals surface area contributed by atoms with E-state index < -0.39 is 17.5 Å². The molecule has 0 spiro atoms. The number of nitrogens with one attached hydrogen (secondary N) is 1. The number of hydrazone groups is 1. The number of benzene rings is 2. The maximum absolute atomic E-state index is 13.3. The molecule has 2 aromatic rings. The Morgan fingerprint density at radius 1 is 1.14 bits per heavy atom. The zero-order chi connectivity index (χ0) is 15.2. The Labute approximate surface area is 125 Å². The minimum atomic E-state index is -0.745. The summed E-state index contributed by atoms with van der Waals surface area (Å²) in [6, 6.07) is 10.2. The molecule has 0 aliphatic rings. The van der Waals surface area contributed by atoms with Gasteiger partial charge < -0.3 is 0 Å². The molecule has 1 amide bonds. The van der Waals surface area contributed by atoms with Crippen molar-refractivity contribution in [2.45, 2.75) is 6.42 Å². The minimum Gasteiger partial charge on any atom is -0.273 e. The lowest BCUT2D eigenvalue weighted by Crippen LogP contribution is -2.19. The molecule has 0 aliphatic heterocycles. The first-order valence-electron chi connectivity index (χ1n) is 6.06. The van der Waals surface area contributed by atoms with Gasteiger partial charge in [0.05, 0.1) is 18.2 Å². The first-order chi connectivity index (χ1) is 10.1. The molecule has 108 valence electrons. The van der Waals surface area contributed by atoms with Gasteiger partial charge in [-0.2, -0.15) is 5.10 Å². The van der Waals surface area contributed by atoms with Crippen LogP contribution in [-0.2, 0) is 11.2 Å².